The highest BCUT2D eigenvalue weighted by Gasteiger charge is 2.20. The molecule has 110 valence electrons. The van der Waals surface area contributed by atoms with Crippen LogP contribution in [0.1, 0.15) is 10.5 Å². The van der Waals surface area contributed by atoms with E-state index in [1.807, 2.05) is 0 Å². The highest BCUT2D eigenvalue weighted by Crippen LogP contribution is 2.28. The first-order valence-corrected chi connectivity index (χ1v) is 6.76. The molecule has 1 N–H and O–H groups in total. The molecule has 6 heteroatoms. The summed E-state index contributed by atoms with van der Waals surface area (Å²) >= 11 is 5.98. The summed E-state index contributed by atoms with van der Waals surface area (Å²) in [6.45, 7) is 0. The van der Waals surface area contributed by atoms with Gasteiger partial charge < -0.3 is 5.11 Å². The summed E-state index contributed by atoms with van der Waals surface area (Å²) < 4.78 is 15.1. The van der Waals surface area contributed by atoms with Crippen LogP contribution in [-0.2, 0) is 0 Å². The van der Waals surface area contributed by atoms with Gasteiger partial charge in [0.15, 0.2) is 5.69 Å². The average Bonchev–Trinajstić information content (AvgIpc) is 2.92. The Balaban J connectivity index is 2.26. The van der Waals surface area contributed by atoms with E-state index in [2.05, 4.69) is 4.98 Å². The van der Waals surface area contributed by atoms with Crippen LogP contribution in [0.15, 0.2) is 54.9 Å². The average molecular weight is 317 g/mol. The van der Waals surface area contributed by atoms with Crippen molar-refractivity contribution in [3.63, 3.8) is 0 Å². The third-order valence-electron chi connectivity index (χ3n) is 3.15. The number of carboxylic acids is 1. The van der Waals surface area contributed by atoms with Crippen molar-refractivity contribution in [1.29, 1.82) is 0 Å². The Morgan fingerprint density at radius 2 is 1.95 bits per heavy atom. The first-order chi connectivity index (χ1) is 10.6. The van der Waals surface area contributed by atoms with E-state index >= 15 is 0 Å². The highest BCUT2D eigenvalue weighted by molar-refractivity contribution is 6.30. The third-order valence-corrected chi connectivity index (χ3v) is 3.39. The molecule has 3 aromatic rings. The fourth-order valence-corrected chi connectivity index (χ4v) is 2.42. The van der Waals surface area contributed by atoms with Crippen molar-refractivity contribution < 1.29 is 14.3 Å². The molecule has 4 nitrogen and oxygen atoms in total. The van der Waals surface area contributed by atoms with Gasteiger partial charge in [-0.05, 0) is 30.3 Å². The van der Waals surface area contributed by atoms with Crippen LogP contribution in [0, 0.1) is 5.82 Å². The number of aromatic carboxylic acids is 1. The summed E-state index contributed by atoms with van der Waals surface area (Å²) in [6.07, 6.45) is 1.38. The van der Waals surface area contributed by atoms with Crippen LogP contribution in [0.2, 0.25) is 5.02 Å². The van der Waals surface area contributed by atoms with Gasteiger partial charge >= 0.3 is 5.97 Å². The fourth-order valence-electron chi connectivity index (χ4n) is 2.24. The maximum atomic E-state index is 13.5. The van der Waals surface area contributed by atoms with Crippen molar-refractivity contribution in [3.05, 3.63) is 71.4 Å². The van der Waals surface area contributed by atoms with Gasteiger partial charge in [-0.3, -0.25) is 4.57 Å². The van der Waals surface area contributed by atoms with Crippen LogP contribution in [0.3, 0.4) is 0 Å². The number of hydrogen-bond donors (Lipinski definition) is 1. The molecule has 0 radical (unpaired) electrons. The number of hydrogen-bond acceptors (Lipinski definition) is 2. The van der Waals surface area contributed by atoms with Gasteiger partial charge in [-0.15, -0.1) is 0 Å². The van der Waals surface area contributed by atoms with Crippen LogP contribution < -0.4 is 0 Å². The summed E-state index contributed by atoms with van der Waals surface area (Å²) in [7, 11) is 0. The lowest BCUT2D eigenvalue weighted by Gasteiger charge is -2.10. The summed E-state index contributed by atoms with van der Waals surface area (Å²) in [5.41, 5.74) is 1.22. The summed E-state index contributed by atoms with van der Waals surface area (Å²) in [5.74, 6) is -1.63. The predicted molar refractivity (Wildman–Crippen MR) is 80.9 cm³/mol. The normalized spacial score (nSPS) is 10.6. The summed E-state index contributed by atoms with van der Waals surface area (Å²) in [4.78, 5) is 15.3. The smallest absolute Gasteiger partial charge is 0.356 e. The molecule has 0 fully saturated rings. The Bertz CT molecular complexity index is 861. The summed E-state index contributed by atoms with van der Waals surface area (Å²) in [5, 5.41) is 9.82. The highest BCUT2D eigenvalue weighted by atomic mass is 35.5. The molecule has 0 amide bonds. The predicted octanol–water partition coefficient (Wildman–Crippen LogP) is 4.03. The quantitative estimate of drug-likeness (QED) is 0.793. The molecule has 0 bridgehead atoms. The first kappa shape index (κ1) is 14.3. The molecule has 0 aliphatic rings. The molecule has 0 saturated carbocycles. The van der Waals surface area contributed by atoms with Crippen LogP contribution >= 0.6 is 11.6 Å². The maximum absolute atomic E-state index is 13.5. The molecule has 0 saturated heterocycles. The van der Waals surface area contributed by atoms with E-state index < -0.39 is 11.8 Å². The lowest BCUT2D eigenvalue weighted by molar-refractivity contribution is 0.0692. The minimum atomic E-state index is -1.18. The Morgan fingerprint density at radius 3 is 2.64 bits per heavy atom. The van der Waals surface area contributed by atoms with Crippen LogP contribution in [0.5, 0.6) is 0 Å². The first-order valence-electron chi connectivity index (χ1n) is 6.39. The third kappa shape index (κ3) is 2.58. The van der Waals surface area contributed by atoms with E-state index in [0.29, 0.717) is 22.0 Å². The van der Waals surface area contributed by atoms with Crippen molar-refractivity contribution in [1.82, 2.24) is 9.55 Å². The number of imidazole rings is 1. The standard InChI is InChI=1S/C16H10ClFN2O2/c17-11-4-2-6-13(8-11)20-9-19-14(16(21)22)15(20)10-3-1-5-12(18)7-10/h1-9H,(H,21,22). The second-order valence-electron chi connectivity index (χ2n) is 4.61. The van der Waals surface area contributed by atoms with E-state index in [1.165, 1.54) is 24.5 Å². The van der Waals surface area contributed by atoms with Crippen molar-refractivity contribution in [2.75, 3.05) is 0 Å². The number of carboxylic acid groups (broad SMARTS) is 1. The van der Waals surface area contributed by atoms with Crippen molar-refractivity contribution in [2.24, 2.45) is 0 Å². The lowest BCUT2D eigenvalue weighted by atomic mass is 10.1. The van der Waals surface area contributed by atoms with Gasteiger partial charge in [-0.25, -0.2) is 14.2 Å². The van der Waals surface area contributed by atoms with Crippen LogP contribution in [0.4, 0.5) is 4.39 Å². The van der Waals surface area contributed by atoms with E-state index in [9.17, 15) is 14.3 Å². The van der Waals surface area contributed by atoms with Gasteiger partial charge in [0.2, 0.25) is 0 Å². The topological polar surface area (TPSA) is 55.1 Å². The Morgan fingerprint density at radius 1 is 1.18 bits per heavy atom. The largest absolute Gasteiger partial charge is 0.476 e. The number of carbonyl (C=O) groups is 1. The molecule has 0 aliphatic carbocycles. The Hall–Kier alpha value is -2.66. The molecule has 0 spiro atoms. The molecule has 0 atom stereocenters. The second-order valence-corrected chi connectivity index (χ2v) is 5.04. The fraction of sp³-hybridized carbons (Fsp3) is 0. The van der Waals surface area contributed by atoms with E-state index in [-0.39, 0.29) is 5.69 Å². The van der Waals surface area contributed by atoms with Crippen molar-refractivity contribution in [2.45, 2.75) is 0 Å². The van der Waals surface area contributed by atoms with Gasteiger partial charge in [0.1, 0.15) is 12.1 Å². The number of halogens is 2. The van der Waals surface area contributed by atoms with E-state index in [4.69, 9.17) is 11.6 Å². The molecule has 1 heterocycles. The molecule has 0 unspecified atom stereocenters. The molecule has 1 aromatic heterocycles. The number of aromatic nitrogens is 2. The second kappa shape index (κ2) is 5.61. The monoisotopic (exact) mass is 316 g/mol. The Labute approximate surface area is 130 Å². The zero-order valence-electron chi connectivity index (χ0n) is 11.2. The van der Waals surface area contributed by atoms with Gasteiger partial charge in [-0.2, -0.15) is 0 Å². The van der Waals surface area contributed by atoms with Gasteiger partial charge in [-0.1, -0.05) is 29.8 Å². The van der Waals surface area contributed by atoms with Crippen molar-refractivity contribution in [3.8, 4) is 16.9 Å². The zero-order valence-corrected chi connectivity index (χ0v) is 12.0. The van der Waals surface area contributed by atoms with Gasteiger partial charge in [0.05, 0.1) is 5.69 Å². The molecule has 3 rings (SSSR count). The molecule has 2 aromatic carbocycles. The zero-order chi connectivity index (χ0) is 15.7. The molecule has 22 heavy (non-hydrogen) atoms. The van der Waals surface area contributed by atoms with Gasteiger partial charge in [0.25, 0.3) is 0 Å². The minimum Gasteiger partial charge on any atom is -0.476 e. The number of benzene rings is 2. The molecule has 0 aliphatic heterocycles. The SMILES string of the molecule is O=C(O)c1ncn(-c2cccc(Cl)c2)c1-c1cccc(F)c1. The van der Waals surface area contributed by atoms with E-state index in [1.54, 1.807) is 34.9 Å². The van der Waals surface area contributed by atoms with Gasteiger partial charge in [0, 0.05) is 16.3 Å². The minimum absolute atomic E-state index is 0.148. The molecular formula is C16H10ClFN2O2. The van der Waals surface area contributed by atoms with Crippen molar-refractivity contribution >= 4 is 17.6 Å². The lowest BCUT2D eigenvalue weighted by Crippen LogP contribution is -2.02. The van der Waals surface area contributed by atoms with E-state index in [0.717, 1.165) is 0 Å². The van der Waals surface area contributed by atoms with Crippen LogP contribution in [-0.4, -0.2) is 20.6 Å². The Kier molecular flexibility index (Phi) is 3.65. The number of nitrogens with zero attached hydrogens (tertiary/aromatic N) is 2. The maximum Gasteiger partial charge on any atom is 0.356 e. The number of rotatable bonds is 3. The van der Waals surface area contributed by atoms with Crippen LogP contribution in [0.25, 0.3) is 16.9 Å². The molecular weight excluding hydrogens is 307 g/mol. The summed E-state index contributed by atoms with van der Waals surface area (Å²) in [6, 6.07) is 12.6.